The lowest BCUT2D eigenvalue weighted by Crippen LogP contribution is -2.23. The summed E-state index contributed by atoms with van der Waals surface area (Å²) in [5.41, 5.74) is 5.20. The number of ketones is 1. The van der Waals surface area contributed by atoms with Crippen LogP contribution in [-0.2, 0) is 0 Å². The molecular formula is C11H12F3NO2. The lowest BCUT2D eigenvalue weighted by Gasteiger charge is -2.14. The van der Waals surface area contributed by atoms with Crippen molar-refractivity contribution in [3.05, 3.63) is 29.8 Å². The van der Waals surface area contributed by atoms with E-state index in [9.17, 15) is 18.0 Å². The zero-order chi connectivity index (χ0) is 13.1. The first-order chi connectivity index (χ1) is 7.85. The second-order valence-electron chi connectivity index (χ2n) is 3.54. The fourth-order valence-corrected chi connectivity index (χ4v) is 1.26. The molecule has 0 saturated carbocycles. The molecule has 0 aliphatic carbocycles. The number of hydrogen-bond acceptors (Lipinski definition) is 3. The number of halogens is 3. The van der Waals surface area contributed by atoms with Crippen LogP contribution in [0, 0.1) is 5.92 Å². The third kappa shape index (κ3) is 3.74. The molecule has 0 aliphatic heterocycles. The van der Waals surface area contributed by atoms with Gasteiger partial charge in [0.1, 0.15) is 5.75 Å². The minimum absolute atomic E-state index is 0.0686. The molecule has 0 bridgehead atoms. The maximum atomic E-state index is 12.1. The van der Waals surface area contributed by atoms with Gasteiger partial charge in [-0.2, -0.15) is 0 Å². The average Bonchev–Trinajstić information content (AvgIpc) is 2.25. The van der Waals surface area contributed by atoms with Gasteiger partial charge in [0.2, 0.25) is 0 Å². The van der Waals surface area contributed by atoms with Crippen molar-refractivity contribution in [2.24, 2.45) is 11.7 Å². The Labute approximate surface area is 96.4 Å². The third-order valence-electron chi connectivity index (χ3n) is 2.18. The minimum atomic E-state index is -4.82. The van der Waals surface area contributed by atoms with Crippen molar-refractivity contribution in [2.75, 3.05) is 6.54 Å². The number of hydrogen-bond donors (Lipinski definition) is 1. The van der Waals surface area contributed by atoms with Crippen LogP contribution in [0.25, 0.3) is 0 Å². The number of Topliss-reactive ketones (excluding diaryl/α,β-unsaturated/α-hetero) is 1. The first-order valence-electron chi connectivity index (χ1n) is 4.94. The fraction of sp³-hybridized carbons (Fsp3) is 0.364. The Kier molecular flexibility index (Phi) is 4.11. The maximum Gasteiger partial charge on any atom is 0.573 e. The van der Waals surface area contributed by atoms with Crippen molar-refractivity contribution >= 4 is 5.78 Å². The standard InChI is InChI=1S/C11H12F3NO2/c1-7(6-15)10(16)8-4-2-3-5-9(8)17-11(12,13)14/h2-5,7H,6,15H2,1H3. The van der Waals surface area contributed by atoms with Crippen molar-refractivity contribution in [3.8, 4) is 5.75 Å². The lowest BCUT2D eigenvalue weighted by atomic mass is 9.99. The number of alkyl halides is 3. The van der Waals surface area contributed by atoms with Crippen LogP contribution in [0.4, 0.5) is 13.2 Å². The molecule has 0 heterocycles. The van der Waals surface area contributed by atoms with Gasteiger partial charge >= 0.3 is 6.36 Å². The smallest absolute Gasteiger partial charge is 0.405 e. The van der Waals surface area contributed by atoms with Gasteiger partial charge in [-0.25, -0.2) is 0 Å². The van der Waals surface area contributed by atoms with E-state index in [1.54, 1.807) is 6.92 Å². The molecule has 1 aromatic carbocycles. The van der Waals surface area contributed by atoms with Gasteiger partial charge < -0.3 is 10.5 Å². The summed E-state index contributed by atoms with van der Waals surface area (Å²) < 4.78 is 40.1. The highest BCUT2D eigenvalue weighted by atomic mass is 19.4. The van der Waals surface area contributed by atoms with Crippen molar-refractivity contribution < 1.29 is 22.7 Å². The summed E-state index contributed by atoms with van der Waals surface area (Å²) in [6, 6.07) is 5.23. The SMILES string of the molecule is CC(CN)C(=O)c1ccccc1OC(F)(F)F. The molecule has 0 radical (unpaired) electrons. The zero-order valence-corrected chi connectivity index (χ0v) is 9.12. The number of para-hydroxylation sites is 1. The summed E-state index contributed by atoms with van der Waals surface area (Å²) in [6.07, 6.45) is -4.82. The van der Waals surface area contributed by atoms with E-state index in [2.05, 4.69) is 4.74 Å². The molecule has 0 fully saturated rings. The van der Waals surface area contributed by atoms with E-state index in [0.29, 0.717) is 0 Å². The van der Waals surface area contributed by atoms with Crippen LogP contribution in [0.1, 0.15) is 17.3 Å². The van der Waals surface area contributed by atoms with Gasteiger partial charge in [-0.15, -0.1) is 13.2 Å². The number of benzene rings is 1. The van der Waals surface area contributed by atoms with Gasteiger partial charge in [-0.1, -0.05) is 19.1 Å². The Hall–Kier alpha value is -1.56. The quantitative estimate of drug-likeness (QED) is 0.831. The maximum absolute atomic E-state index is 12.1. The molecule has 0 aliphatic rings. The van der Waals surface area contributed by atoms with Crippen LogP contribution in [-0.4, -0.2) is 18.7 Å². The second kappa shape index (κ2) is 5.18. The monoisotopic (exact) mass is 247 g/mol. The molecule has 1 atom stereocenters. The topological polar surface area (TPSA) is 52.3 Å². The van der Waals surface area contributed by atoms with E-state index in [-0.39, 0.29) is 12.1 Å². The predicted molar refractivity (Wildman–Crippen MR) is 55.7 cm³/mol. The molecular weight excluding hydrogens is 235 g/mol. The molecule has 2 N–H and O–H groups in total. The lowest BCUT2D eigenvalue weighted by molar-refractivity contribution is -0.274. The van der Waals surface area contributed by atoms with Gasteiger partial charge in [0, 0.05) is 12.5 Å². The Balaban J connectivity index is 3.04. The van der Waals surface area contributed by atoms with E-state index in [4.69, 9.17) is 5.73 Å². The molecule has 1 rings (SSSR count). The van der Waals surface area contributed by atoms with E-state index in [0.717, 1.165) is 6.07 Å². The highest BCUT2D eigenvalue weighted by Gasteiger charge is 2.33. The molecule has 1 unspecified atom stereocenters. The van der Waals surface area contributed by atoms with Crippen LogP contribution in [0.2, 0.25) is 0 Å². The fourth-order valence-electron chi connectivity index (χ4n) is 1.26. The van der Waals surface area contributed by atoms with Crippen LogP contribution in [0.3, 0.4) is 0 Å². The summed E-state index contributed by atoms with van der Waals surface area (Å²) in [4.78, 5) is 11.8. The van der Waals surface area contributed by atoms with Crippen LogP contribution in [0.5, 0.6) is 5.75 Å². The second-order valence-corrected chi connectivity index (χ2v) is 3.54. The summed E-state index contributed by atoms with van der Waals surface area (Å²) in [5.74, 6) is -1.51. The third-order valence-corrected chi connectivity index (χ3v) is 2.18. The highest BCUT2D eigenvalue weighted by Crippen LogP contribution is 2.27. The Morgan fingerprint density at radius 3 is 2.53 bits per heavy atom. The van der Waals surface area contributed by atoms with Crippen molar-refractivity contribution in [3.63, 3.8) is 0 Å². The normalized spacial score (nSPS) is 13.2. The summed E-state index contributed by atoms with van der Waals surface area (Å²) in [7, 11) is 0. The van der Waals surface area contributed by atoms with Gasteiger partial charge in [0.05, 0.1) is 5.56 Å². The first-order valence-corrected chi connectivity index (χ1v) is 4.94. The highest BCUT2D eigenvalue weighted by molar-refractivity contribution is 6.00. The number of nitrogens with two attached hydrogens (primary N) is 1. The van der Waals surface area contributed by atoms with Crippen LogP contribution >= 0.6 is 0 Å². The Morgan fingerprint density at radius 1 is 1.41 bits per heavy atom. The van der Waals surface area contributed by atoms with Crippen molar-refractivity contribution in [2.45, 2.75) is 13.3 Å². The molecule has 0 saturated heterocycles. The van der Waals surface area contributed by atoms with Gasteiger partial charge in [0.25, 0.3) is 0 Å². The summed E-state index contributed by atoms with van der Waals surface area (Å²) >= 11 is 0. The molecule has 0 aromatic heterocycles. The molecule has 0 spiro atoms. The Morgan fingerprint density at radius 2 is 2.00 bits per heavy atom. The van der Waals surface area contributed by atoms with Gasteiger partial charge in [-0.3, -0.25) is 4.79 Å². The van der Waals surface area contributed by atoms with Crippen molar-refractivity contribution in [1.82, 2.24) is 0 Å². The molecule has 6 heteroatoms. The number of carbonyl (C=O) groups excluding carboxylic acids is 1. The van der Waals surface area contributed by atoms with E-state index in [1.165, 1.54) is 18.2 Å². The van der Waals surface area contributed by atoms with E-state index >= 15 is 0 Å². The van der Waals surface area contributed by atoms with Crippen LogP contribution < -0.4 is 10.5 Å². The summed E-state index contributed by atoms with van der Waals surface area (Å²) in [6.45, 7) is 1.62. The van der Waals surface area contributed by atoms with Gasteiger partial charge in [-0.05, 0) is 12.1 Å². The van der Waals surface area contributed by atoms with Crippen molar-refractivity contribution in [1.29, 1.82) is 0 Å². The number of rotatable bonds is 4. The number of carbonyl (C=O) groups is 1. The molecule has 1 aromatic rings. The Bertz CT molecular complexity index is 404. The molecule has 17 heavy (non-hydrogen) atoms. The molecule has 0 amide bonds. The van der Waals surface area contributed by atoms with Gasteiger partial charge in [0.15, 0.2) is 5.78 Å². The molecule has 3 nitrogen and oxygen atoms in total. The number of ether oxygens (including phenoxy) is 1. The zero-order valence-electron chi connectivity index (χ0n) is 9.12. The van der Waals surface area contributed by atoms with E-state index in [1.807, 2.05) is 0 Å². The minimum Gasteiger partial charge on any atom is -0.405 e. The summed E-state index contributed by atoms with van der Waals surface area (Å²) in [5, 5.41) is 0. The first kappa shape index (κ1) is 13.5. The average molecular weight is 247 g/mol. The van der Waals surface area contributed by atoms with E-state index < -0.39 is 23.8 Å². The largest absolute Gasteiger partial charge is 0.573 e. The predicted octanol–water partition coefficient (Wildman–Crippen LogP) is 2.36. The molecule has 94 valence electrons. The van der Waals surface area contributed by atoms with Crippen LogP contribution in [0.15, 0.2) is 24.3 Å².